The molecular formula is C17H26N2O. The first kappa shape index (κ1) is 14.1. The molecule has 1 aromatic carbocycles. The first-order valence-electron chi connectivity index (χ1n) is 8.01. The first-order valence-corrected chi connectivity index (χ1v) is 8.01. The average molecular weight is 274 g/mol. The molecule has 0 spiro atoms. The van der Waals surface area contributed by atoms with Gasteiger partial charge in [-0.25, -0.2) is 0 Å². The maximum absolute atomic E-state index is 10.0. The fraction of sp³-hybridized carbons (Fsp3) is 0.647. The molecule has 110 valence electrons. The fourth-order valence-electron chi connectivity index (χ4n) is 3.60. The van der Waals surface area contributed by atoms with Gasteiger partial charge in [0.2, 0.25) is 0 Å². The second-order valence-electron chi connectivity index (χ2n) is 6.18. The van der Waals surface area contributed by atoms with Crippen LogP contribution < -0.4 is 0 Å². The number of nitrogens with zero attached hydrogens (tertiary/aromatic N) is 2. The van der Waals surface area contributed by atoms with Crippen molar-refractivity contribution in [3.63, 3.8) is 0 Å². The normalized spacial score (nSPS) is 28.9. The molecular weight excluding hydrogens is 248 g/mol. The maximum Gasteiger partial charge on any atom is 0.0695 e. The zero-order chi connectivity index (χ0) is 13.8. The van der Waals surface area contributed by atoms with Gasteiger partial charge in [0.25, 0.3) is 0 Å². The van der Waals surface area contributed by atoms with Crippen LogP contribution in [-0.2, 0) is 6.42 Å². The lowest BCUT2D eigenvalue weighted by Crippen LogP contribution is -2.52. The van der Waals surface area contributed by atoms with E-state index in [1.807, 2.05) is 0 Å². The topological polar surface area (TPSA) is 26.7 Å². The van der Waals surface area contributed by atoms with Gasteiger partial charge in [-0.05, 0) is 31.2 Å². The Balaban J connectivity index is 1.42. The monoisotopic (exact) mass is 274 g/mol. The molecule has 3 rings (SSSR count). The molecule has 1 aliphatic carbocycles. The Hall–Kier alpha value is -0.900. The third kappa shape index (κ3) is 3.40. The number of aliphatic hydroxyl groups is 1. The highest BCUT2D eigenvalue weighted by Gasteiger charge is 2.32. The molecule has 1 saturated heterocycles. The Morgan fingerprint density at radius 2 is 1.75 bits per heavy atom. The molecule has 1 heterocycles. The molecule has 0 amide bonds. The molecule has 20 heavy (non-hydrogen) atoms. The summed E-state index contributed by atoms with van der Waals surface area (Å²) in [6.45, 7) is 5.70. The summed E-state index contributed by atoms with van der Waals surface area (Å²) in [5.74, 6) is 0. The van der Waals surface area contributed by atoms with Gasteiger partial charge in [-0.3, -0.25) is 4.90 Å². The van der Waals surface area contributed by atoms with Gasteiger partial charge in [-0.1, -0.05) is 30.3 Å². The summed E-state index contributed by atoms with van der Waals surface area (Å²) in [4.78, 5) is 5.07. The summed E-state index contributed by atoms with van der Waals surface area (Å²) in [7, 11) is 0. The summed E-state index contributed by atoms with van der Waals surface area (Å²) < 4.78 is 0. The second-order valence-corrected chi connectivity index (χ2v) is 6.18. The smallest absolute Gasteiger partial charge is 0.0695 e. The molecule has 1 saturated carbocycles. The lowest BCUT2D eigenvalue weighted by Gasteiger charge is -2.39. The number of hydrogen-bond acceptors (Lipinski definition) is 3. The third-order valence-electron chi connectivity index (χ3n) is 4.88. The molecule has 0 bridgehead atoms. The van der Waals surface area contributed by atoms with E-state index in [0.717, 1.165) is 45.6 Å². The van der Waals surface area contributed by atoms with Gasteiger partial charge in [0.05, 0.1) is 6.10 Å². The Bertz CT molecular complexity index is 401. The van der Waals surface area contributed by atoms with Crippen LogP contribution in [0.5, 0.6) is 0 Å². The standard InChI is InChI=1S/C17H26N2O/c20-17-8-4-7-16(17)19-13-11-18(12-14-19)10-9-15-5-2-1-3-6-15/h1-3,5-6,16-17,20H,4,7-14H2. The average Bonchev–Trinajstić information content (AvgIpc) is 2.93. The van der Waals surface area contributed by atoms with Crippen LogP contribution >= 0.6 is 0 Å². The molecule has 3 nitrogen and oxygen atoms in total. The van der Waals surface area contributed by atoms with E-state index in [0.29, 0.717) is 6.04 Å². The quantitative estimate of drug-likeness (QED) is 0.906. The molecule has 1 N–H and O–H groups in total. The largest absolute Gasteiger partial charge is 0.391 e. The van der Waals surface area contributed by atoms with E-state index >= 15 is 0 Å². The highest BCUT2D eigenvalue weighted by Crippen LogP contribution is 2.25. The number of benzene rings is 1. The minimum absolute atomic E-state index is 0.0779. The fourth-order valence-corrected chi connectivity index (χ4v) is 3.60. The Morgan fingerprint density at radius 3 is 2.40 bits per heavy atom. The van der Waals surface area contributed by atoms with Gasteiger partial charge in [0.15, 0.2) is 0 Å². The third-order valence-corrected chi connectivity index (χ3v) is 4.88. The molecule has 2 fully saturated rings. The van der Waals surface area contributed by atoms with Gasteiger partial charge in [-0.15, -0.1) is 0 Å². The Labute approximate surface area is 122 Å². The van der Waals surface area contributed by atoms with Crippen molar-refractivity contribution in [2.75, 3.05) is 32.7 Å². The molecule has 2 atom stereocenters. The molecule has 2 unspecified atom stereocenters. The molecule has 2 aliphatic rings. The number of piperazine rings is 1. The van der Waals surface area contributed by atoms with Gasteiger partial charge < -0.3 is 10.0 Å². The van der Waals surface area contributed by atoms with Crippen molar-refractivity contribution in [1.29, 1.82) is 0 Å². The van der Waals surface area contributed by atoms with Gasteiger partial charge >= 0.3 is 0 Å². The van der Waals surface area contributed by atoms with Crippen molar-refractivity contribution in [2.45, 2.75) is 37.8 Å². The SMILES string of the molecule is OC1CCCC1N1CCN(CCc2ccccc2)CC1. The Morgan fingerprint density at radius 1 is 1.00 bits per heavy atom. The van der Waals surface area contributed by atoms with Crippen molar-refractivity contribution in [3.8, 4) is 0 Å². The van der Waals surface area contributed by atoms with Gasteiger partial charge in [-0.2, -0.15) is 0 Å². The van der Waals surface area contributed by atoms with Crippen LogP contribution in [0.3, 0.4) is 0 Å². The van der Waals surface area contributed by atoms with E-state index in [1.165, 1.54) is 18.4 Å². The van der Waals surface area contributed by atoms with Crippen LogP contribution in [-0.4, -0.2) is 59.8 Å². The zero-order valence-electron chi connectivity index (χ0n) is 12.2. The Kier molecular flexibility index (Phi) is 4.71. The summed E-state index contributed by atoms with van der Waals surface area (Å²) in [6, 6.07) is 11.2. The van der Waals surface area contributed by atoms with E-state index in [2.05, 4.69) is 40.1 Å². The summed E-state index contributed by atoms with van der Waals surface area (Å²) in [5.41, 5.74) is 1.43. The van der Waals surface area contributed by atoms with Gasteiger partial charge in [0, 0.05) is 38.8 Å². The predicted molar refractivity (Wildman–Crippen MR) is 81.8 cm³/mol. The van der Waals surface area contributed by atoms with Crippen LogP contribution in [0.2, 0.25) is 0 Å². The maximum atomic E-state index is 10.0. The minimum Gasteiger partial charge on any atom is -0.391 e. The molecule has 3 heteroatoms. The van der Waals surface area contributed by atoms with E-state index in [9.17, 15) is 5.11 Å². The van der Waals surface area contributed by atoms with Crippen molar-refractivity contribution in [3.05, 3.63) is 35.9 Å². The van der Waals surface area contributed by atoms with Crippen molar-refractivity contribution >= 4 is 0 Å². The molecule has 0 aromatic heterocycles. The predicted octanol–water partition coefficient (Wildman–Crippen LogP) is 1.76. The summed E-state index contributed by atoms with van der Waals surface area (Å²) in [6.07, 6.45) is 4.45. The highest BCUT2D eigenvalue weighted by molar-refractivity contribution is 5.14. The van der Waals surface area contributed by atoms with E-state index in [-0.39, 0.29) is 6.10 Å². The van der Waals surface area contributed by atoms with Crippen LogP contribution in [0.1, 0.15) is 24.8 Å². The second kappa shape index (κ2) is 6.70. The number of aliphatic hydroxyl groups excluding tert-OH is 1. The molecule has 1 aliphatic heterocycles. The number of hydrogen-bond donors (Lipinski definition) is 1. The van der Waals surface area contributed by atoms with E-state index in [1.54, 1.807) is 0 Å². The lowest BCUT2D eigenvalue weighted by molar-refractivity contribution is 0.0358. The van der Waals surface area contributed by atoms with Crippen LogP contribution in [0.4, 0.5) is 0 Å². The van der Waals surface area contributed by atoms with E-state index < -0.39 is 0 Å². The van der Waals surface area contributed by atoms with Crippen LogP contribution in [0.25, 0.3) is 0 Å². The molecule has 1 aromatic rings. The van der Waals surface area contributed by atoms with Crippen LogP contribution in [0.15, 0.2) is 30.3 Å². The van der Waals surface area contributed by atoms with Crippen molar-refractivity contribution < 1.29 is 5.11 Å². The van der Waals surface area contributed by atoms with Crippen LogP contribution in [0, 0.1) is 0 Å². The molecule has 0 radical (unpaired) electrons. The van der Waals surface area contributed by atoms with Crippen molar-refractivity contribution in [2.24, 2.45) is 0 Å². The van der Waals surface area contributed by atoms with E-state index in [4.69, 9.17) is 0 Å². The summed E-state index contributed by atoms with van der Waals surface area (Å²) in [5, 5.41) is 10.0. The number of rotatable bonds is 4. The highest BCUT2D eigenvalue weighted by atomic mass is 16.3. The minimum atomic E-state index is -0.0779. The summed E-state index contributed by atoms with van der Waals surface area (Å²) >= 11 is 0. The first-order chi connectivity index (χ1) is 9.83. The van der Waals surface area contributed by atoms with Gasteiger partial charge in [0.1, 0.15) is 0 Å². The zero-order valence-corrected chi connectivity index (χ0v) is 12.2. The van der Waals surface area contributed by atoms with Crippen molar-refractivity contribution in [1.82, 2.24) is 9.80 Å². The lowest BCUT2D eigenvalue weighted by atomic mass is 10.1.